The van der Waals surface area contributed by atoms with E-state index in [9.17, 15) is 5.11 Å². The third-order valence-corrected chi connectivity index (χ3v) is 15.1. The number of para-hydroxylation sites is 2. The summed E-state index contributed by atoms with van der Waals surface area (Å²) in [5.74, 6) is 1.32. The zero-order valence-electron chi connectivity index (χ0n) is 30.9. The van der Waals surface area contributed by atoms with Crippen molar-refractivity contribution in [3.8, 4) is 84.5 Å². The first-order valence-corrected chi connectivity index (χ1v) is 22.0. The Morgan fingerprint density at radius 2 is 1.18 bits per heavy atom. The first-order valence-electron chi connectivity index (χ1n) is 19.0. The van der Waals surface area contributed by atoms with Gasteiger partial charge in [-0.3, -0.25) is 9.13 Å². The SMILES string of the molecule is C[Si]1(C)c2ccc(Oc3cccc(-c4ccccc4O)n3)cc2-n2[c-][n+]3c4c(ccc1c42)-c1ccccc1-c1ccccc1-c1cccc(-c2ccccc2)c1-3. The average molecular weight is 738 g/mol. The first-order chi connectivity index (χ1) is 27.5. The van der Waals surface area contributed by atoms with Crippen molar-refractivity contribution in [1.29, 1.82) is 0 Å². The number of rotatable bonds is 4. The van der Waals surface area contributed by atoms with Gasteiger partial charge in [0, 0.05) is 11.6 Å². The van der Waals surface area contributed by atoms with Gasteiger partial charge in [-0.15, -0.1) is 0 Å². The molecule has 0 aliphatic carbocycles. The second-order valence-corrected chi connectivity index (χ2v) is 19.4. The summed E-state index contributed by atoms with van der Waals surface area (Å²) in [6, 6.07) is 59.1. The molecule has 0 saturated carbocycles. The van der Waals surface area contributed by atoms with Gasteiger partial charge in [0.1, 0.15) is 19.6 Å². The lowest BCUT2D eigenvalue weighted by Crippen LogP contribution is -2.57. The number of imidazole rings is 1. The first kappa shape index (κ1) is 32.4. The van der Waals surface area contributed by atoms with Crippen LogP contribution in [-0.4, -0.2) is 22.7 Å². The van der Waals surface area contributed by atoms with E-state index in [1.54, 1.807) is 6.07 Å². The van der Waals surface area contributed by atoms with Gasteiger partial charge in [-0.1, -0.05) is 147 Å². The van der Waals surface area contributed by atoms with Crippen molar-refractivity contribution in [3.05, 3.63) is 176 Å². The van der Waals surface area contributed by atoms with Crippen LogP contribution in [0, 0.1) is 6.33 Å². The second kappa shape index (κ2) is 12.2. The molecule has 0 atom stereocenters. The summed E-state index contributed by atoms with van der Waals surface area (Å²) < 4.78 is 11.2. The number of aromatic hydroxyl groups is 1. The van der Waals surface area contributed by atoms with Crippen LogP contribution in [-0.2, 0) is 0 Å². The van der Waals surface area contributed by atoms with Crippen molar-refractivity contribution in [2.45, 2.75) is 13.1 Å². The minimum atomic E-state index is -2.25. The minimum Gasteiger partial charge on any atom is -0.507 e. The van der Waals surface area contributed by atoms with Crippen LogP contribution in [0.25, 0.3) is 78.2 Å². The Bertz CT molecular complexity index is 3060. The minimum absolute atomic E-state index is 0.180. The summed E-state index contributed by atoms with van der Waals surface area (Å²) in [6.07, 6.45) is 3.98. The lowest BCUT2D eigenvalue weighted by atomic mass is 9.88. The maximum atomic E-state index is 10.5. The highest BCUT2D eigenvalue weighted by Gasteiger charge is 2.38. The van der Waals surface area contributed by atoms with Gasteiger partial charge in [-0.05, 0) is 85.2 Å². The number of ether oxygens (including phenoxy) is 1. The van der Waals surface area contributed by atoms with Crippen molar-refractivity contribution in [3.63, 3.8) is 0 Å². The Morgan fingerprint density at radius 1 is 0.571 bits per heavy atom. The van der Waals surface area contributed by atoms with E-state index in [2.05, 4.69) is 156 Å². The van der Waals surface area contributed by atoms with Crippen LogP contribution < -0.4 is 19.7 Å². The van der Waals surface area contributed by atoms with Crippen LogP contribution in [0.15, 0.2) is 170 Å². The Hall–Kier alpha value is -7.02. The zero-order valence-corrected chi connectivity index (χ0v) is 31.9. The molecule has 2 aromatic heterocycles. The number of phenols is 1. The van der Waals surface area contributed by atoms with Gasteiger partial charge in [0.2, 0.25) is 5.88 Å². The smallest absolute Gasteiger partial charge is 0.269 e. The molecule has 0 bridgehead atoms. The Labute approximate surface area is 326 Å². The largest absolute Gasteiger partial charge is 0.507 e. The molecule has 5 nitrogen and oxygen atoms in total. The lowest BCUT2D eigenvalue weighted by molar-refractivity contribution is -0.570. The number of pyridine rings is 1. The third-order valence-electron chi connectivity index (χ3n) is 11.6. The number of phenolic OH excluding ortho intramolecular Hbond substituents is 1. The summed E-state index contributed by atoms with van der Waals surface area (Å²) in [7, 11) is -2.25. The Kier molecular flexibility index (Phi) is 7.09. The van der Waals surface area contributed by atoms with E-state index in [4.69, 9.17) is 9.72 Å². The molecule has 0 unspecified atom stereocenters. The van der Waals surface area contributed by atoms with Crippen molar-refractivity contribution in [2.75, 3.05) is 0 Å². The van der Waals surface area contributed by atoms with Gasteiger partial charge in [0.15, 0.2) is 0 Å². The lowest BCUT2D eigenvalue weighted by Gasteiger charge is -2.33. The van der Waals surface area contributed by atoms with E-state index < -0.39 is 8.07 Å². The highest BCUT2D eigenvalue weighted by molar-refractivity contribution is 7.02. The average Bonchev–Trinajstić information content (AvgIpc) is 3.65. The van der Waals surface area contributed by atoms with Crippen LogP contribution in [0.4, 0.5) is 0 Å². The molecule has 0 fully saturated rings. The van der Waals surface area contributed by atoms with E-state index in [-0.39, 0.29) is 5.75 Å². The fraction of sp³-hybridized carbons (Fsp3) is 0.0400. The van der Waals surface area contributed by atoms with Crippen LogP contribution in [0.5, 0.6) is 17.4 Å². The molecule has 0 amide bonds. The van der Waals surface area contributed by atoms with Crippen LogP contribution in [0.3, 0.4) is 0 Å². The van der Waals surface area contributed by atoms with E-state index in [1.807, 2.05) is 36.4 Å². The van der Waals surface area contributed by atoms with Crippen LogP contribution in [0.2, 0.25) is 13.1 Å². The number of fused-ring (bicyclic) bond motifs is 9. The summed E-state index contributed by atoms with van der Waals surface area (Å²) in [4.78, 5) is 4.79. The normalized spacial score (nSPS) is 13.0. The second-order valence-electron chi connectivity index (χ2n) is 15.1. The molecule has 11 rings (SSSR count). The van der Waals surface area contributed by atoms with Gasteiger partial charge in [-0.25, -0.2) is 4.98 Å². The Morgan fingerprint density at radius 3 is 1.93 bits per heavy atom. The van der Waals surface area contributed by atoms with E-state index in [1.165, 1.54) is 43.7 Å². The van der Waals surface area contributed by atoms with E-state index in [0.29, 0.717) is 22.9 Å². The molecule has 0 spiro atoms. The summed E-state index contributed by atoms with van der Waals surface area (Å²) in [6.45, 7) is 4.90. The highest BCUT2D eigenvalue weighted by Crippen LogP contribution is 2.45. The predicted molar refractivity (Wildman–Crippen MR) is 227 cm³/mol. The topological polar surface area (TPSA) is 51.2 Å². The molecule has 6 heteroatoms. The fourth-order valence-corrected chi connectivity index (χ4v) is 11.9. The third kappa shape index (κ3) is 4.79. The molecule has 266 valence electrons. The monoisotopic (exact) mass is 737 g/mol. The quantitative estimate of drug-likeness (QED) is 0.111. The maximum absolute atomic E-state index is 10.5. The molecule has 0 radical (unpaired) electrons. The van der Waals surface area contributed by atoms with Gasteiger partial charge < -0.3 is 9.84 Å². The Balaban J connectivity index is 1.19. The summed E-state index contributed by atoms with van der Waals surface area (Å²) in [5, 5.41) is 13.2. The van der Waals surface area contributed by atoms with Crippen LogP contribution >= 0.6 is 0 Å². The fourth-order valence-electron chi connectivity index (χ4n) is 8.91. The van der Waals surface area contributed by atoms with Crippen molar-refractivity contribution < 1.29 is 14.4 Å². The molecular weight excluding hydrogens is 703 g/mol. The van der Waals surface area contributed by atoms with Gasteiger partial charge in [-0.2, -0.15) is 0 Å². The number of nitrogens with zero attached hydrogens (tertiary/aromatic N) is 3. The molecule has 2 aliphatic rings. The van der Waals surface area contributed by atoms with Gasteiger partial charge >= 0.3 is 0 Å². The zero-order chi connectivity index (χ0) is 37.5. The number of benzene rings is 7. The summed E-state index contributed by atoms with van der Waals surface area (Å²) >= 11 is 0. The molecule has 56 heavy (non-hydrogen) atoms. The molecule has 0 saturated heterocycles. The molecule has 9 aromatic rings. The molecular formula is C50H35N3O2Si. The molecule has 7 aromatic carbocycles. The summed E-state index contributed by atoms with van der Waals surface area (Å²) in [5.41, 5.74) is 15.2. The van der Waals surface area contributed by atoms with Gasteiger partial charge in [0.25, 0.3) is 6.33 Å². The van der Waals surface area contributed by atoms with Crippen molar-refractivity contribution >= 4 is 29.5 Å². The predicted octanol–water partition coefficient (Wildman–Crippen LogP) is 10.4. The standard InChI is InChI=1S/C50H35N3O2Si/c1-56(2)45-28-26-33(55-47-25-13-23-42(51-47)41-20-10-11-24-44(41)54)30-43(45)52-31-53-48-34(32-14-4-3-5-15-32)21-12-22-39(48)37-18-8-6-16-35(37)36-17-7-9-19-38(36)40-27-29-46(56)50(52)49(40)53/h3-30,54H,1-2H3. The van der Waals surface area contributed by atoms with Crippen molar-refractivity contribution in [1.82, 2.24) is 9.55 Å². The van der Waals surface area contributed by atoms with Gasteiger partial charge in [0.05, 0.1) is 28.1 Å². The highest BCUT2D eigenvalue weighted by atomic mass is 28.3. The van der Waals surface area contributed by atoms with E-state index >= 15 is 0 Å². The number of aromatic nitrogens is 3. The maximum Gasteiger partial charge on any atom is 0.269 e. The number of hydrogen-bond donors (Lipinski definition) is 1. The molecule has 1 N–H and O–H groups in total. The molecule has 2 aliphatic heterocycles. The van der Waals surface area contributed by atoms with Crippen molar-refractivity contribution in [2.24, 2.45) is 0 Å². The van der Waals surface area contributed by atoms with Crippen LogP contribution in [0.1, 0.15) is 0 Å². The van der Waals surface area contributed by atoms with E-state index in [0.717, 1.165) is 33.6 Å². The molecule has 4 heterocycles. The number of hydrogen-bond acceptors (Lipinski definition) is 3.